The molecule has 0 unspecified atom stereocenters. The highest BCUT2D eigenvalue weighted by atomic mass is 35.5. The first kappa shape index (κ1) is 15.5. The van der Waals surface area contributed by atoms with Crippen LogP contribution in [0, 0.1) is 0 Å². The first-order valence-corrected chi connectivity index (χ1v) is 7.25. The number of amides is 1. The molecule has 102 valence electrons. The van der Waals surface area contributed by atoms with Crippen molar-refractivity contribution >= 4 is 29.7 Å². The summed E-state index contributed by atoms with van der Waals surface area (Å²) in [7, 11) is 0. The fourth-order valence-electron chi connectivity index (χ4n) is 2.12. The summed E-state index contributed by atoms with van der Waals surface area (Å²) in [6.45, 7) is 3.78. The van der Waals surface area contributed by atoms with Crippen LogP contribution < -0.4 is 5.32 Å². The SMILES string of the molecule is Cl.O=C(CCCc1cccs1)N1CCCNCC1. The first-order valence-electron chi connectivity index (χ1n) is 6.37. The number of nitrogens with one attached hydrogen (secondary N) is 1. The van der Waals surface area contributed by atoms with Gasteiger partial charge in [-0.25, -0.2) is 0 Å². The number of hydrogen-bond donors (Lipinski definition) is 1. The number of carbonyl (C=O) groups is 1. The van der Waals surface area contributed by atoms with Crippen molar-refractivity contribution in [1.29, 1.82) is 0 Å². The number of rotatable bonds is 4. The zero-order valence-corrected chi connectivity index (χ0v) is 12.2. The summed E-state index contributed by atoms with van der Waals surface area (Å²) < 4.78 is 0. The van der Waals surface area contributed by atoms with Crippen LogP contribution in [0.1, 0.15) is 24.1 Å². The Kier molecular flexibility index (Phi) is 7.32. The molecule has 2 rings (SSSR count). The molecule has 1 N–H and O–H groups in total. The lowest BCUT2D eigenvalue weighted by atomic mass is 10.2. The number of halogens is 1. The van der Waals surface area contributed by atoms with Crippen molar-refractivity contribution in [3.63, 3.8) is 0 Å². The van der Waals surface area contributed by atoms with Crippen molar-refractivity contribution in [2.24, 2.45) is 0 Å². The predicted octanol–water partition coefficient (Wildman–Crippen LogP) is 2.31. The van der Waals surface area contributed by atoms with Gasteiger partial charge in [-0.2, -0.15) is 0 Å². The molecule has 0 atom stereocenters. The van der Waals surface area contributed by atoms with Gasteiger partial charge in [0.2, 0.25) is 5.91 Å². The maximum atomic E-state index is 12.0. The maximum absolute atomic E-state index is 12.0. The molecule has 1 aliphatic heterocycles. The van der Waals surface area contributed by atoms with Gasteiger partial charge in [0, 0.05) is 30.9 Å². The van der Waals surface area contributed by atoms with E-state index in [0.29, 0.717) is 12.3 Å². The molecule has 0 aromatic carbocycles. The van der Waals surface area contributed by atoms with Crippen molar-refractivity contribution in [1.82, 2.24) is 10.2 Å². The van der Waals surface area contributed by atoms with Gasteiger partial charge in [-0.15, -0.1) is 23.7 Å². The molecular weight excluding hydrogens is 268 g/mol. The molecule has 2 heterocycles. The average molecular weight is 289 g/mol. The van der Waals surface area contributed by atoms with E-state index in [1.807, 2.05) is 4.90 Å². The molecular formula is C13H21ClN2OS. The Morgan fingerprint density at radius 2 is 2.28 bits per heavy atom. The van der Waals surface area contributed by atoms with E-state index < -0.39 is 0 Å². The molecule has 0 spiro atoms. The zero-order chi connectivity index (χ0) is 11.9. The molecule has 5 heteroatoms. The van der Waals surface area contributed by atoms with E-state index in [1.54, 1.807) is 11.3 Å². The van der Waals surface area contributed by atoms with Crippen LogP contribution in [-0.4, -0.2) is 37.0 Å². The Morgan fingerprint density at radius 3 is 3.06 bits per heavy atom. The molecule has 0 aliphatic carbocycles. The zero-order valence-electron chi connectivity index (χ0n) is 10.6. The fraction of sp³-hybridized carbons (Fsp3) is 0.615. The summed E-state index contributed by atoms with van der Waals surface area (Å²) >= 11 is 1.78. The second kappa shape index (κ2) is 8.51. The van der Waals surface area contributed by atoms with Crippen LogP contribution in [0.15, 0.2) is 17.5 Å². The number of hydrogen-bond acceptors (Lipinski definition) is 3. The van der Waals surface area contributed by atoms with Crippen LogP contribution in [0.5, 0.6) is 0 Å². The molecule has 1 aromatic heterocycles. The van der Waals surface area contributed by atoms with Gasteiger partial charge in [0.1, 0.15) is 0 Å². The molecule has 0 radical (unpaired) electrons. The minimum Gasteiger partial charge on any atom is -0.341 e. The van der Waals surface area contributed by atoms with E-state index in [1.165, 1.54) is 4.88 Å². The van der Waals surface area contributed by atoms with Gasteiger partial charge in [-0.05, 0) is 37.3 Å². The largest absolute Gasteiger partial charge is 0.341 e. The van der Waals surface area contributed by atoms with Gasteiger partial charge in [0.05, 0.1) is 0 Å². The standard InChI is InChI=1S/C13H20N2OS.ClH/c16-13(15-9-3-7-14-8-10-15)6-1-4-12-5-2-11-17-12;/h2,5,11,14H,1,3-4,6-10H2;1H. The molecule has 3 nitrogen and oxygen atoms in total. The second-order valence-corrected chi connectivity index (χ2v) is 5.45. The van der Waals surface area contributed by atoms with Crippen LogP contribution in [0.4, 0.5) is 0 Å². The highest BCUT2D eigenvalue weighted by Gasteiger charge is 2.14. The summed E-state index contributed by atoms with van der Waals surface area (Å²) in [5, 5.41) is 5.41. The van der Waals surface area contributed by atoms with Crippen LogP contribution in [0.3, 0.4) is 0 Å². The smallest absolute Gasteiger partial charge is 0.222 e. The molecule has 18 heavy (non-hydrogen) atoms. The van der Waals surface area contributed by atoms with E-state index in [9.17, 15) is 4.79 Å². The number of carbonyl (C=O) groups excluding carboxylic acids is 1. The van der Waals surface area contributed by atoms with Gasteiger partial charge in [0.15, 0.2) is 0 Å². The van der Waals surface area contributed by atoms with E-state index in [4.69, 9.17) is 0 Å². The minimum absolute atomic E-state index is 0. The first-order chi connectivity index (χ1) is 8.36. The molecule has 1 fully saturated rings. The Hall–Kier alpha value is -0.580. The minimum atomic E-state index is 0. The van der Waals surface area contributed by atoms with Gasteiger partial charge in [-0.3, -0.25) is 4.79 Å². The lowest BCUT2D eigenvalue weighted by Crippen LogP contribution is -2.34. The lowest BCUT2D eigenvalue weighted by Gasteiger charge is -2.19. The third kappa shape index (κ3) is 4.96. The van der Waals surface area contributed by atoms with Gasteiger partial charge >= 0.3 is 0 Å². The van der Waals surface area contributed by atoms with E-state index in [-0.39, 0.29) is 12.4 Å². The molecule has 0 bridgehead atoms. The third-order valence-corrected chi connectivity index (χ3v) is 4.02. The van der Waals surface area contributed by atoms with Crippen molar-refractivity contribution in [2.75, 3.05) is 26.2 Å². The predicted molar refractivity (Wildman–Crippen MR) is 78.6 cm³/mol. The Morgan fingerprint density at radius 1 is 1.39 bits per heavy atom. The Bertz CT molecular complexity index is 335. The monoisotopic (exact) mass is 288 g/mol. The van der Waals surface area contributed by atoms with Gasteiger partial charge < -0.3 is 10.2 Å². The van der Waals surface area contributed by atoms with E-state index in [0.717, 1.165) is 45.4 Å². The summed E-state index contributed by atoms with van der Waals surface area (Å²) in [4.78, 5) is 15.4. The number of thiophene rings is 1. The van der Waals surface area contributed by atoms with E-state index in [2.05, 4.69) is 22.8 Å². The number of nitrogens with zero attached hydrogens (tertiary/aromatic N) is 1. The van der Waals surface area contributed by atoms with E-state index >= 15 is 0 Å². The Balaban J connectivity index is 0.00000162. The second-order valence-electron chi connectivity index (χ2n) is 4.42. The molecule has 0 saturated carbocycles. The summed E-state index contributed by atoms with van der Waals surface area (Å²) in [5.74, 6) is 0.324. The van der Waals surface area contributed by atoms with Crippen LogP contribution in [0.25, 0.3) is 0 Å². The highest BCUT2D eigenvalue weighted by molar-refractivity contribution is 7.09. The maximum Gasteiger partial charge on any atom is 0.222 e. The molecule has 1 aromatic rings. The quantitative estimate of drug-likeness (QED) is 0.922. The summed E-state index contributed by atoms with van der Waals surface area (Å²) in [5.41, 5.74) is 0. The van der Waals surface area contributed by atoms with Gasteiger partial charge in [-0.1, -0.05) is 6.07 Å². The van der Waals surface area contributed by atoms with Crippen LogP contribution in [-0.2, 0) is 11.2 Å². The third-order valence-electron chi connectivity index (χ3n) is 3.09. The summed E-state index contributed by atoms with van der Waals surface area (Å²) in [6.07, 6.45) is 3.79. The van der Waals surface area contributed by atoms with Crippen LogP contribution >= 0.6 is 23.7 Å². The van der Waals surface area contributed by atoms with Crippen molar-refractivity contribution in [3.8, 4) is 0 Å². The van der Waals surface area contributed by atoms with Gasteiger partial charge in [0.25, 0.3) is 0 Å². The Labute approximate surface area is 119 Å². The molecule has 1 aliphatic rings. The summed E-state index contributed by atoms with van der Waals surface area (Å²) in [6, 6.07) is 4.22. The highest BCUT2D eigenvalue weighted by Crippen LogP contribution is 2.12. The van der Waals surface area contributed by atoms with Crippen molar-refractivity contribution in [3.05, 3.63) is 22.4 Å². The average Bonchev–Trinajstić information content (AvgIpc) is 2.69. The normalized spacial score (nSPS) is 15.9. The topological polar surface area (TPSA) is 32.3 Å². The lowest BCUT2D eigenvalue weighted by molar-refractivity contribution is -0.131. The van der Waals surface area contributed by atoms with Crippen molar-refractivity contribution in [2.45, 2.75) is 25.7 Å². The fourth-order valence-corrected chi connectivity index (χ4v) is 2.87. The van der Waals surface area contributed by atoms with Crippen molar-refractivity contribution < 1.29 is 4.79 Å². The van der Waals surface area contributed by atoms with Crippen LogP contribution in [0.2, 0.25) is 0 Å². The number of aryl methyl sites for hydroxylation is 1. The molecule has 1 amide bonds. The molecule has 1 saturated heterocycles.